The van der Waals surface area contributed by atoms with Gasteiger partial charge in [0.2, 0.25) is 0 Å². The van der Waals surface area contributed by atoms with E-state index in [0.717, 1.165) is 11.3 Å². The van der Waals surface area contributed by atoms with E-state index in [9.17, 15) is 4.79 Å². The second-order valence-corrected chi connectivity index (χ2v) is 3.50. The Morgan fingerprint density at radius 1 is 1.38 bits per heavy atom. The van der Waals surface area contributed by atoms with Gasteiger partial charge in [-0.15, -0.1) is 0 Å². The third-order valence-corrected chi connectivity index (χ3v) is 2.28. The van der Waals surface area contributed by atoms with Crippen LogP contribution < -0.4 is 4.74 Å². The van der Waals surface area contributed by atoms with Crippen LogP contribution >= 0.6 is 11.6 Å². The largest absolute Gasteiger partial charge is 0.493 e. The summed E-state index contributed by atoms with van der Waals surface area (Å²) in [5.74, 6) is 0.997. The summed E-state index contributed by atoms with van der Waals surface area (Å²) in [6.07, 6.45) is 0.933. The molecule has 2 nitrogen and oxygen atoms in total. The number of ketones is 1. The van der Waals surface area contributed by atoms with Crippen molar-refractivity contribution < 1.29 is 9.53 Å². The van der Waals surface area contributed by atoms with Gasteiger partial charge >= 0.3 is 0 Å². The van der Waals surface area contributed by atoms with Gasteiger partial charge in [0.1, 0.15) is 11.5 Å². The zero-order valence-corrected chi connectivity index (χ0v) is 7.80. The van der Waals surface area contributed by atoms with E-state index in [4.69, 9.17) is 16.3 Å². The van der Waals surface area contributed by atoms with Crippen molar-refractivity contribution in [2.75, 3.05) is 6.61 Å². The number of carbonyl (C=O) groups excluding carboxylic acids is 1. The number of fused-ring (bicyclic) bond motifs is 1. The molecule has 1 aromatic rings. The van der Waals surface area contributed by atoms with Gasteiger partial charge < -0.3 is 4.74 Å². The minimum atomic E-state index is 0.209. The molecule has 1 aliphatic heterocycles. The highest BCUT2D eigenvalue weighted by molar-refractivity contribution is 6.30. The third kappa shape index (κ3) is 1.83. The van der Waals surface area contributed by atoms with Gasteiger partial charge in [-0.1, -0.05) is 11.6 Å². The number of halogens is 1. The molecule has 0 atom stereocenters. The number of ether oxygens (including phenoxy) is 1. The van der Waals surface area contributed by atoms with Gasteiger partial charge in [-0.3, -0.25) is 4.79 Å². The van der Waals surface area contributed by atoms with Crippen LogP contribution in [0, 0.1) is 0 Å². The lowest BCUT2D eigenvalue weighted by atomic mass is 10.1. The molecule has 0 spiro atoms. The monoisotopic (exact) mass is 196 g/mol. The molecular formula is C10H9ClO2. The number of carbonyl (C=O) groups is 1. The Balaban J connectivity index is 2.40. The summed E-state index contributed by atoms with van der Waals surface area (Å²) in [6.45, 7) is 0.480. The molecule has 0 bridgehead atoms. The molecule has 0 N–H and O–H groups in total. The Bertz CT molecular complexity index is 347. The van der Waals surface area contributed by atoms with Crippen LogP contribution in [0.1, 0.15) is 12.0 Å². The van der Waals surface area contributed by atoms with Gasteiger partial charge in [0, 0.05) is 23.4 Å². The van der Waals surface area contributed by atoms with Crippen molar-refractivity contribution in [1.82, 2.24) is 0 Å². The zero-order valence-electron chi connectivity index (χ0n) is 7.05. The molecule has 0 radical (unpaired) electrons. The molecule has 1 heterocycles. The fourth-order valence-corrected chi connectivity index (χ4v) is 1.60. The lowest BCUT2D eigenvalue weighted by molar-refractivity contribution is -0.118. The summed E-state index contributed by atoms with van der Waals surface area (Å²) in [7, 11) is 0. The molecule has 1 aliphatic rings. The summed E-state index contributed by atoms with van der Waals surface area (Å²) >= 11 is 5.81. The van der Waals surface area contributed by atoms with Crippen molar-refractivity contribution in [1.29, 1.82) is 0 Å². The molecule has 13 heavy (non-hydrogen) atoms. The van der Waals surface area contributed by atoms with Crippen LogP contribution in [0.25, 0.3) is 0 Å². The Morgan fingerprint density at radius 2 is 2.23 bits per heavy atom. The molecule has 0 amide bonds. The predicted octanol–water partition coefficient (Wildman–Crippen LogP) is 2.23. The van der Waals surface area contributed by atoms with Gasteiger partial charge in [-0.25, -0.2) is 0 Å². The van der Waals surface area contributed by atoms with Crippen LogP contribution in [0.15, 0.2) is 18.2 Å². The normalized spacial score (nSPS) is 15.9. The predicted molar refractivity (Wildman–Crippen MR) is 50.3 cm³/mol. The summed E-state index contributed by atoms with van der Waals surface area (Å²) in [5, 5.41) is 0.650. The lowest BCUT2D eigenvalue weighted by Gasteiger charge is -2.05. The van der Waals surface area contributed by atoms with Gasteiger partial charge in [0.05, 0.1) is 6.61 Å². The topological polar surface area (TPSA) is 26.3 Å². The zero-order chi connectivity index (χ0) is 9.26. The van der Waals surface area contributed by atoms with Crippen LogP contribution in [0.4, 0.5) is 0 Å². The van der Waals surface area contributed by atoms with E-state index < -0.39 is 0 Å². The van der Waals surface area contributed by atoms with Crippen LogP contribution in [-0.2, 0) is 11.2 Å². The highest BCUT2D eigenvalue weighted by atomic mass is 35.5. The summed E-state index contributed by atoms with van der Waals surface area (Å²) in [6, 6.07) is 5.38. The molecule has 0 saturated carbocycles. The smallest absolute Gasteiger partial charge is 0.140 e. The number of rotatable bonds is 0. The van der Waals surface area contributed by atoms with Crippen molar-refractivity contribution in [2.24, 2.45) is 0 Å². The number of Topliss-reactive ketones (excluding diaryl/α,β-unsaturated/α-hetero) is 1. The fraction of sp³-hybridized carbons (Fsp3) is 0.300. The molecule has 2 rings (SSSR count). The molecule has 3 heteroatoms. The quantitative estimate of drug-likeness (QED) is 0.636. The number of hydrogen-bond donors (Lipinski definition) is 0. The number of benzene rings is 1. The van der Waals surface area contributed by atoms with Crippen molar-refractivity contribution >= 4 is 17.4 Å². The van der Waals surface area contributed by atoms with E-state index in [0.29, 0.717) is 24.5 Å². The average Bonchev–Trinajstić information content (AvgIpc) is 2.25. The minimum Gasteiger partial charge on any atom is -0.493 e. The SMILES string of the molecule is O=C1CCOc2ccc(Cl)cc2C1. The van der Waals surface area contributed by atoms with Gasteiger partial charge in [-0.05, 0) is 18.2 Å². The van der Waals surface area contributed by atoms with Crippen LogP contribution in [-0.4, -0.2) is 12.4 Å². The highest BCUT2D eigenvalue weighted by Crippen LogP contribution is 2.25. The van der Waals surface area contributed by atoms with Crippen molar-refractivity contribution in [2.45, 2.75) is 12.8 Å². The first kappa shape index (κ1) is 8.57. The average molecular weight is 197 g/mol. The molecule has 0 aliphatic carbocycles. The highest BCUT2D eigenvalue weighted by Gasteiger charge is 2.14. The Hall–Kier alpha value is -1.02. The van der Waals surface area contributed by atoms with E-state index >= 15 is 0 Å². The lowest BCUT2D eigenvalue weighted by Crippen LogP contribution is -2.02. The molecule has 1 aromatic carbocycles. The van der Waals surface area contributed by atoms with Gasteiger partial charge in [-0.2, -0.15) is 0 Å². The molecule has 0 saturated heterocycles. The maximum atomic E-state index is 11.2. The van der Waals surface area contributed by atoms with Crippen LogP contribution in [0.5, 0.6) is 5.75 Å². The van der Waals surface area contributed by atoms with E-state index in [1.165, 1.54) is 0 Å². The minimum absolute atomic E-state index is 0.209. The fourth-order valence-electron chi connectivity index (χ4n) is 1.40. The molecule has 0 fully saturated rings. The van der Waals surface area contributed by atoms with Crippen molar-refractivity contribution in [3.8, 4) is 5.75 Å². The first-order valence-electron chi connectivity index (χ1n) is 4.18. The molecule has 0 unspecified atom stereocenters. The van der Waals surface area contributed by atoms with Crippen LogP contribution in [0.3, 0.4) is 0 Å². The van der Waals surface area contributed by atoms with E-state index in [2.05, 4.69) is 0 Å². The van der Waals surface area contributed by atoms with Crippen molar-refractivity contribution in [3.63, 3.8) is 0 Å². The van der Waals surface area contributed by atoms with Crippen LogP contribution in [0.2, 0.25) is 5.02 Å². The second-order valence-electron chi connectivity index (χ2n) is 3.07. The molecular weight excluding hydrogens is 188 g/mol. The van der Waals surface area contributed by atoms with E-state index in [-0.39, 0.29) is 5.78 Å². The molecule has 0 aromatic heterocycles. The Kier molecular flexibility index (Phi) is 2.23. The second kappa shape index (κ2) is 3.38. The maximum absolute atomic E-state index is 11.2. The van der Waals surface area contributed by atoms with Gasteiger partial charge in [0.25, 0.3) is 0 Å². The number of hydrogen-bond acceptors (Lipinski definition) is 2. The Labute approximate surface area is 81.5 Å². The first-order valence-corrected chi connectivity index (χ1v) is 4.56. The molecule has 68 valence electrons. The van der Waals surface area contributed by atoms with E-state index in [1.807, 2.05) is 6.07 Å². The summed E-state index contributed by atoms with van der Waals surface area (Å²) in [4.78, 5) is 11.2. The first-order chi connectivity index (χ1) is 6.25. The summed E-state index contributed by atoms with van der Waals surface area (Å²) < 4.78 is 5.39. The van der Waals surface area contributed by atoms with Gasteiger partial charge in [0.15, 0.2) is 0 Å². The maximum Gasteiger partial charge on any atom is 0.140 e. The Morgan fingerprint density at radius 3 is 3.08 bits per heavy atom. The third-order valence-electron chi connectivity index (χ3n) is 2.05. The standard InChI is InChI=1S/C10H9ClO2/c11-8-1-2-10-7(5-8)6-9(12)3-4-13-10/h1-2,5H,3-4,6H2. The van der Waals surface area contributed by atoms with Crippen molar-refractivity contribution in [3.05, 3.63) is 28.8 Å². The van der Waals surface area contributed by atoms with E-state index in [1.54, 1.807) is 12.1 Å². The summed E-state index contributed by atoms with van der Waals surface area (Å²) in [5.41, 5.74) is 0.898.